The zero-order chi connectivity index (χ0) is 13.3. The summed E-state index contributed by atoms with van der Waals surface area (Å²) in [4.78, 5) is 23.2. The van der Waals surface area contributed by atoms with Crippen LogP contribution in [0.15, 0.2) is 22.7 Å². The summed E-state index contributed by atoms with van der Waals surface area (Å²) in [5.41, 5.74) is 0.297. The molecule has 1 heterocycles. The average molecular weight is 315 g/mol. The summed E-state index contributed by atoms with van der Waals surface area (Å²) in [5.74, 6) is -0.940. The Bertz CT molecular complexity index is 506. The predicted octanol–water partition coefficient (Wildman–Crippen LogP) is 2.41. The molecule has 0 aromatic heterocycles. The van der Waals surface area contributed by atoms with E-state index >= 15 is 0 Å². The normalized spacial score (nSPS) is 18.9. The third-order valence-corrected chi connectivity index (χ3v) is 3.47. The van der Waals surface area contributed by atoms with Gasteiger partial charge in [0.1, 0.15) is 11.7 Å². The van der Waals surface area contributed by atoms with Crippen LogP contribution >= 0.6 is 15.9 Å². The zero-order valence-corrected chi connectivity index (χ0v) is 11.0. The predicted molar refractivity (Wildman–Crippen MR) is 68.8 cm³/mol. The first-order chi connectivity index (χ1) is 8.50. The Kier molecular flexibility index (Phi) is 3.51. The van der Waals surface area contributed by atoms with Crippen LogP contribution in [0.3, 0.4) is 0 Å². The molecule has 1 N–H and O–H groups in total. The number of anilines is 1. The molecule has 0 bridgehead atoms. The molecule has 1 fully saturated rings. The highest BCUT2D eigenvalue weighted by Crippen LogP contribution is 2.35. The van der Waals surface area contributed by atoms with Gasteiger partial charge in [-0.1, -0.05) is 15.9 Å². The Morgan fingerprint density at radius 3 is 2.89 bits per heavy atom. The topological polar surface area (TPSA) is 83.7 Å². The third kappa shape index (κ3) is 2.31. The number of aliphatic carboxylic acids is 1. The Morgan fingerprint density at radius 2 is 2.28 bits per heavy atom. The maximum absolute atomic E-state index is 11.1. The highest BCUT2D eigenvalue weighted by atomic mass is 79.9. The summed E-state index contributed by atoms with van der Waals surface area (Å²) in [5, 5.41) is 20.1. The van der Waals surface area contributed by atoms with Crippen LogP contribution in [-0.2, 0) is 4.79 Å². The van der Waals surface area contributed by atoms with Gasteiger partial charge in [0.05, 0.1) is 4.92 Å². The van der Waals surface area contributed by atoms with E-state index in [1.54, 1.807) is 17.0 Å². The average Bonchev–Trinajstić information content (AvgIpc) is 2.77. The summed E-state index contributed by atoms with van der Waals surface area (Å²) in [6.07, 6.45) is 1.24. The minimum atomic E-state index is -0.940. The van der Waals surface area contributed by atoms with Crippen molar-refractivity contribution in [1.82, 2.24) is 0 Å². The molecule has 96 valence electrons. The minimum Gasteiger partial charge on any atom is -0.480 e. The Balaban J connectivity index is 2.44. The summed E-state index contributed by atoms with van der Waals surface area (Å²) in [6.45, 7) is 0.527. The Hall–Kier alpha value is -1.63. The standard InChI is InChI=1S/C11H11BrN2O4/c12-7-3-4-8(10(6-7)14(17)18)13-5-1-2-9(13)11(15)16/h3-4,6,9H,1-2,5H2,(H,15,16)/t9-/m0/s1. The SMILES string of the molecule is O=C(O)[C@@H]1CCCN1c1ccc(Br)cc1[N+](=O)[O-]. The molecule has 1 aromatic rings. The lowest BCUT2D eigenvalue weighted by atomic mass is 10.2. The van der Waals surface area contributed by atoms with Crippen molar-refractivity contribution in [2.75, 3.05) is 11.4 Å². The fraction of sp³-hybridized carbons (Fsp3) is 0.364. The van der Waals surface area contributed by atoms with Crippen LogP contribution < -0.4 is 4.90 Å². The number of halogens is 1. The monoisotopic (exact) mass is 314 g/mol. The molecule has 0 amide bonds. The van der Waals surface area contributed by atoms with Crippen molar-refractivity contribution in [3.8, 4) is 0 Å². The number of nitrogens with zero attached hydrogens (tertiary/aromatic N) is 2. The number of nitro groups is 1. The van der Waals surface area contributed by atoms with E-state index < -0.39 is 16.9 Å². The molecular weight excluding hydrogens is 304 g/mol. The fourth-order valence-corrected chi connectivity index (χ4v) is 2.55. The quantitative estimate of drug-likeness (QED) is 0.684. The fourth-order valence-electron chi connectivity index (χ4n) is 2.20. The molecule has 1 aliphatic heterocycles. The van der Waals surface area contributed by atoms with Gasteiger partial charge in [-0.05, 0) is 25.0 Å². The molecular formula is C11H11BrN2O4. The van der Waals surface area contributed by atoms with E-state index in [1.165, 1.54) is 6.07 Å². The van der Waals surface area contributed by atoms with Crippen LogP contribution in [0.4, 0.5) is 11.4 Å². The molecule has 0 spiro atoms. The van der Waals surface area contributed by atoms with Crippen LogP contribution in [-0.4, -0.2) is 28.6 Å². The Labute approximate surface area is 111 Å². The number of benzene rings is 1. The summed E-state index contributed by atoms with van der Waals surface area (Å²) < 4.78 is 0.601. The van der Waals surface area contributed by atoms with Gasteiger partial charge in [-0.15, -0.1) is 0 Å². The maximum atomic E-state index is 11.1. The van der Waals surface area contributed by atoms with Gasteiger partial charge in [-0.2, -0.15) is 0 Å². The van der Waals surface area contributed by atoms with E-state index in [1.807, 2.05) is 0 Å². The minimum absolute atomic E-state index is 0.0717. The summed E-state index contributed by atoms with van der Waals surface area (Å²) >= 11 is 3.18. The Morgan fingerprint density at radius 1 is 1.56 bits per heavy atom. The van der Waals surface area contributed by atoms with Crippen LogP contribution in [0.1, 0.15) is 12.8 Å². The molecule has 0 aliphatic carbocycles. The molecule has 6 nitrogen and oxygen atoms in total. The number of hydrogen-bond donors (Lipinski definition) is 1. The maximum Gasteiger partial charge on any atom is 0.326 e. The number of carbonyl (C=O) groups is 1. The van der Waals surface area contributed by atoms with Gasteiger partial charge in [0, 0.05) is 17.1 Å². The van der Waals surface area contributed by atoms with Gasteiger partial charge in [-0.3, -0.25) is 10.1 Å². The second-order valence-electron chi connectivity index (χ2n) is 4.08. The summed E-state index contributed by atoms with van der Waals surface area (Å²) in [6, 6.07) is 3.99. The third-order valence-electron chi connectivity index (χ3n) is 2.98. The van der Waals surface area contributed by atoms with Crippen LogP contribution in [0.25, 0.3) is 0 Å². The van der Waals surface area contributed by atoms with Crippen molar-refractivity contribution in [2.24, 2.45) is 0 Å². The first-order valence-electron chi connectivity index (χ1n) is 5.44. The largest absolute Gasteiger partial charge is 0.480 e. The molecule has 1 atom stereocenters. The van der Waals surface area contributed by atoms with Crippen molar-refractivity contribution in [3.05, 3.63) is 32.8 Å². The van der Waals surface area contributed by atoms with Crippen molar-refractivity contribution in [1.29, 1.82) is 0 Å². The van der Waals surface area contributed by atoms with Crippen molar-refractivity contribution < 1.29 is 14.8 Å². The number of carboxylic acid groups (broad SMARTS) is 1. The molecule has 0 saturated carbocycles. The number of nitro benzene ring substituents is 1. The number of rotatable bonds is 3. The van der Waals surface area contributed by atoms with Crippen LogP contribution in [0.2, 0.25) is 0 Å². The van der Waals surface area contributed by atoms with Gasteiger partial charge < -0.3 is 10.0 Å². The molecule has 7 heteroatoms. The number of carboxylic acids is 1. The van der Waals surface area contributed by atoms with E-state index in [9.17, 15) is 14.9 Å². The smallest absolute Gasteiger partial charge is 0.326 e. The molecule has 18 heavy (non-hydrogen) atoms. The zero-order valence-electron chi connectivity index (χ0n) is 9.38. The lowest BCUT2D eigenvalue weighted by molar-refractivity contribution is -0.384. The lowest BCUT2D eigenvalue weighted by Gasteiger charge is -2.23. The number of hydrogen-bond acceptors (Lipinski definition) is 4. The van der Waals surface area contributed by atoms with Gasteiger partial charge in [0.2, 0.25) is 0 Å². The first kappa shape index (κ1) is 12.8. The summed E-state index contributed by atoms with van der Waals surface area (Å²) in [7, 11) is 0. The van der Waals surface area contributed by atoms with Crippen LogP contribution in [0.5, 0.6) is 0 Å². The second-order valence-corrected chi connectivity index (χ2v) is 5.00. The van der Waals surface area contributed by atoms with E-state index in [0.717, 1.165) is 6.42 Å². The molecule has 0 unspecified atom stereocenters. The van der Waals surface area contributed by atoms with Gasteiger partial charge in [0.15, 0.2) is 0 Å². The molecule has 2 rings (SSSR count). The van der Waals surface area contributed by atoms with Crippen molar-refractivity contribution >= 4 is 33.3 Å². The molecule has 1 aromatic carbocycles. The second kappa shape index (κ2) is 4.93. The van der Waals surface area contributed by atoms with E-state index in [4.69, 9.17) is 5.11 Å². The van der Waals surface area contributed by atoms with Crippen LogP contribution in [0, 0.1) is 10.1 Å². The van der Waals surface area contributed by atoms with Gasteiger partial charge in [-0.25, -0.2) is 4.79 Å². The molecule has 0 radical (unpaired) electrons. The highest BCUT2D eigenvalue weighted by Gasteiger charge is 2.34. The van der Waals surface area contributed by atoms with Crippen molar-refractivity contribution in [2.45, 2.75) is 18.9 Å². The lowest BCUT2D eigenvalue weighted by Crippen LogP contribution is -2.36. The first-order valence-corrected chi connectivity index (χ1v) is 6.23. The van der Waals surface area contributed by atoms with Gasteiger partial charge >= 0.3 is 5.97 Å². The van der Waals surface area contributed by atoms with Crippen molar-refractivity contribution in [3.63, 3.8) is 0 Å². The van der Waals surface area contributed by atoms with Gasteiger partial charge in [0.25, 0.3) is 5.69 Å². The van der Waals surface area contributed by atoms with E-state index in [2.05, 4.69) is 15.9 Å². The van der Waals surface area contributed by atoms with E-state index in [-0.39, 0.29) is 5.69 Å². The van der Waals surface area contributed by atoms with E-state index in [0.29, 0.717) is 23.1 Å². The highest BCUT2D eigenvalue weighted by molar-refractivity contribution is 9.10. The molecule has 1 aliphatic rings. The molecule has 1 saturated heterocycles.